The number of carbonyl (C=O) groups is 1. The molecule has 5 nitrogen and oxygen atoms in total. The van der Waals surface area contributed by atoms with Crippen LogP contribution in [0.2, 0.25) is 0 Å². The number of carbonyl (C=O) groups excluding carboxylic acids is 1. The van der Waals surface area contributed by atoms with Gasteiger partial charge in [-0.2, -0.15) is 0 Å². The number of rotatable bonds is 13. The largest absolute Gasteiger partial charge is 0.493 e. The maximum atomic E-state index is 11.7. The number of aromatic nitrogens is 2. The van der Waals surface area contributed by atoms with E-state index < -0.39 is 0 Å². The summed E-state index contributed by atoms with van der Waals surface area (Å²) in [6.07, 6.45) is 8.43. The third-order valence-electron chi connectivity index (χ3n) is 6.65. The minimum atomic E-state index is 0.248. The Kier molecular flexibility index (Phi) is 8.03. The van der Waals surface area contributed by atoms with Gasteiger partial charge in [-0.1, -0.05) is 30.7 Å². The molecule has 1 aromatic heterocycles. The van der Waals surface area contributed by atoms with Crippen LogP contribution in [0.25, 0.3) is 11.0 Å². The van der Waals surface area contributed by atoms with E-state index in [-0.39, 0.29) is 5.91 Å². The van der Waals surface area contributed by atoms with Crippen LogP contribution in [0.4, 0.5) is 0 Å². The maximum Gasteiger partial charge on any atom is 0.223 e. The van der Waals surface area contributed by atoms with Gasteiger partial charge in [-0.3, -0.25) is 4.79 Å². The standard InChI is InChI=1S/C28H37N3O2/c1-21-11-10-14-26(22(21)2)33-20-9-8-19-31-25-13-6-5-12-24(25)30-27(31)15-4-3-7-18-29-28(32)23-16-17-23/h5-6,10-14,23H,3-4,7-9,15-20H2,1-2H3,(H,29,32). The number of amides is 1. The van der Waals surface area contributed by atoms with Gasteiger partial charge in [0.15, 0.2) is 0 Å². The molecule has 33 heavy (non-hydrogen) atoms. The number of nitrogens with one attached hydrogen (secondary N) is 1. The van der Waals surface area contributed by atoms with E-state index in [0.29, 0.717) is 5.92 Å². The molecule has 0 spiro atoms. The molecule has 0 atom stereocenters. The van der Waals surface area contributed by atoms with Gasteiger partial charge in [0.1, 0.15) is 11.6 Å². The Balaban J connectivity index is 1.24. The molecule has 1 saturated carbocycles. The number of imidazole rings is 1. The van der Waals surface area contributed by atoms with Crippen molar-refractivity contribution in [2.75, 3.05) is 13.2 Å². The lowest BCUT2D eigenvalue weighted by molar-refractivity contribution is -0.122. The molecule has 0 aliphatic heterocycles. The molecule has 0 unspecified atom stereocenters. The van der Waals surface area contributed by atoms with Gasteiger partial charge in [-0.05, 0) is 81.7 Å². The van der Waals surface area contributed by atoms with Crippen LogP contribution in [-0.2, 0) is 17.8 Å². The molecule has 5 heteroatoms. The molecule has 0 saturated heterocycles. The van der Waals surface area contributed by atoms with Crippen molar-refractivity contribution >= 4 is 16.9 Å². The van der Waals surface area contributed by atoms with E-state index in [1.165, 1.54) is 22.5 Å². The number of para-hydroxylation sites is 2. The van der Waals surface area contributed by atoms with Gasteiger partial charge < -0.3 is 14.6 Å². The van der Waals surface area contributed by atoms with Crippen molar-refractivity contribution in [1.29, 1.82) is 0 Å². The molecule has 1 heterocycles. The Bertz CT molecular complexity index is 1070. The summed E-state index contributed by atoms with van der Waals surface area (Å²) in [4.78, 5) is 16.6. The number of benzene rings is 2. The highest BCUT2D eigenvalue weighted by Gasteiger charge is 2.28. The first kappa shape index (κ1) is 23.3. The summed E-state index contributed by atoms with van der Waals surface area (Å²) in [6.45, 7) is 6.74. The monoisotopic (exact) mass is 447 g/mol. The highest BCUT2D eigenvalue weighted by atomic mass is 16.5. The van der Waals surface area contributed by atoms with Gasteiger partial charge >= 0.3 is 0 Å². The quantitative estimate of drug-likeness (QED) is 0.339. The molecular formula is C28H37N3O2. The van der Waals surface area contributed by atoms with Crippen molar-refractivity contribution in [3.05, 3.63) is 59.4 Å². The van der Waals surface area contributed by atoms with Gasteiger partial charge in [0.25, 0.3) is 0 Å². The van der Waals surface area contributed by atoms with Gasteiger partial charge in [0.2, 0.25) is 5.91 Å². The zero-order valence-corrected chi connectivity index (χ0v) is 20.1. The van der Waals surface area contributed by atoms with Crippen molar-refractivity contribution in [3.63, 3.8) is 0 Å². The predicted molar refractivity (Wildman–Crippen MR) is 134 cm³/mol. The van der Waals surface area contributed by atoms with Crippen LogP contribution in [-0.4, -0.2) is 28.6 Å². The van der Waals surface area contributed by atoms with Crippen LogP contribution in [0, 0.1) is 19.8 Å². The van der Waals surface area contributed by atoms with Crippen LogP contribution >= 0.6 is 0 Å². The molecule has 0 bridgehead atoms. The zero-order valence-electron chi connectivity index (χ0n) is 20.1. The van der Waals surface area contributed by atoms with Crippen LogP contribution < -0.4 is 10.1 Å². The topological polar surface area (TPSA) is 56.1 Å². The summed E-state index contributed by atoms with van der Waals surface area (Å²) in [7, 11) is 0. The van der Waals surface area contributed by atoms with Crippen LogP contribution in [0.15, 0.2) is 42.5 Å². The SMILES string of the molecule is Cc1cccc(OCCCCn2c(CCCCCNC(=O)C3CC3)nc3ccccc32)c1C. The molecule has 4 rings (SSSR count). The number of hydrogen-bond donors (Lipinski definition) is 1. The second-order valence-electron chi connectivity index (χ2n) is 9.30. The average molecular weight is 448 g/mol. The van der Waals surface area contributed by atoms with Gasteiger partial charge in [0.05, 0.1) is 17.6 Å². The predicted octanol–water partition coefficient (Wildman–Crippen LogP) is 5.75. The maximum absolute atomic E-state index is 11.7. The number of ether oxygens (including phenoxy) is 1. The Morgan fingerprint density at radius 2 is 1.88 bits per heavy atom. The summed E-state index contributed by atoms with van der Waals surface area (Å²) >= 11 is 0. The van der Waals surface area contributed by atoms with E-state index in [9.17, 15) is 4.79 Å². The fourth-order valence-electron chi connectivity index (χ4n) is 4.29. The van der Waals surface area contributed by atoms with Gasteiger partial charge in [0, 0.05) is 25.4 Å². The lowest BCUT2D eigenvalue weighted by Gasteiger charge is -2.12. The number of hydrogen-bond acceptors (Lipinski definition) is 3. The molecule has 176 valence electrons. The highest BCUT2D eigenvalue weighted by molar-refractivity contribution is 5.80. The molecular weight excluding hydrogens is 410 g/mol. The number of unbranched alkanes of at least 4 members (excludes halogenated alkanes) is 3. The van der Waals surface area contributed by atoms with Crippen molar-refractivity contribution in [2.45, 2.75) is 71.8 Å². The Hall–Kier alpha value is -2.82. The fourth-order valence-corrected chi connectivity index (χ4v) is 4.29. The van der Waals surface area contributed by atoms with Gasteiger partial charge in [-0.25, -0.2) is 4.98 Å². The molecule has 2 aromatic carbocycles. The van der Waals surface area contributed by atoms with E-state index in [1.807, 2.05) is 0 Å². The molecule has 1 N–H and O–H groups in total. The third kappa shape index (κ3) is 6.37. The van der Waals surface area contributed by atoms with Crippen LogP contribution in [0.3, 0.4) is 0 Å². The van der Waals surface area contributed by atoms with E-state index in [2.05, 4.69) is 66.2 Å². The summed E-state index contributed by atoms with van der Waals surface area (Å²) in [5, 5.41) is 3.06. The van der Waals surface area contributed by atoms with Crippen LogP contribution in [0.5, 0.6) is 5.75 Å². The molecule has 1 amide bonds. The smallest absolute Gasteiger partial charge is 0.223 e. The molecule has 1 aliphatic carbocycles. The average Bonchev–Trinajstić information content (AvgIpc) is 3.61. The fraction of sp³-hybridized carbons (Fsp3) is 0.500. The Morgan fingerprint density at radius 3 is 2.73 bits per heavy atom. The third-order valence-corrected chi connectivity index (χ3v) is 6.65. The van der Waals surface area contributed by atoms with Crippen molar-refractivity contribution in [2.24, 2.45) is 5.92 Å². The second kappa shape index (κ2) is 11.4. The van der Waals surface area contributed by atoms with Crippen molar-refractivity contribution in [1.82, 2.24) is 14.9 Å². The lowest BCUT2D eigenvalue weighted by Crippen LogP contribution is -2.25. The van der Waals surface area contributed by atoms with E-state index in [1.54, 1.807) is 0 Å². The summed E-state index contributed by atoms with van der Waals surface area (Å²) < 4.78 is 8.43. The van der Waals surface area contributed by atoms with Gasteiger partial charge in [-0.15, -0.1) is 0 Å². The number of fused-ring (bicyclic) bond motifs is 1. The molecule has 0 radical (unpaired) electrons. The normalized spacial score (nSPS) is 13.4. The minimum absolute atomic E-state index is 0.248. The minimum Gasteiger partial charge on any atom is -0.493 e. The zero-order chi connectivity index (χ0) is 23.0. The summed E-state index contributed by atoms with van der Waals surface area (Å²) in [6, 6.07) is 14.7. The van der Waals surface area contributed by atoms with E-state index in [4.69, 9.17) is 9.72 Å². The number of nitrogens with zero attached hydrogens (tertiary/aromatic N) is 2. The Labute approximate surface area is 197 Å². The van der Waals surface area contributed by atoms with Crippen molar-refractivity contribution in [3.8, 4) is 5.75 Å². The molecule has 1 fully saturated rings. The van der Waals surface area contributed by atoms with E-state index >= 15 is 0 Å². The first-order valence-electron chi connectivity index (χ1n) is 12.5. The van der Waals surface area contributed by atoms with E-state index in [0.717, 1.165) is 82.3 Å². The summed E-state index contributed by atoms with van der Waals surface area (Å²) in [5.41, 5.74) is 4.80. The molecule has 3 aromatic rings. The summed E-state index contributed by atoms with van der Waals surface area (Å²) in [5.74, 6) is 2.72. The first-order chi connectivity index (χ1) is 16.1. The highest BCUT2D eigenvalue weighted by Crippen LogP contribution is 2.28. The molecule has 1 aliphatic rings. The first-order valence-corrected chi connectivity index (χ1v) is 12.5. The Morgan fingerprint density at radius 1 is 1.03 bits per heavy atom. The van der Waals surface area contributed by atoms with Crippen LogP contribution in [0.1, 0.15) is 61.9 Å². The number of aryl methyl sites for hydroxylation is 3. The lowest BCUT2D eigenvalue weighted by atomic mass is 10.1. The second-order valence-corrected chi connectivity index (χ2v) is 9.30. The van der Waals surface area contributed by atoms with Crippen molar-refractivity contribution < 1.29 is 9.53 Å².